The largest absolute Gasteiger partial charge is 0.342 e. The molecule has 1 saturated heterocycles. The van der Waals surface area contributed by atoms with Crippen molar-refractivity contribution in [3.8, 4) is 0 Å². The van der Waals surface area contributed by atoms with Gasteiger partial charge in [-0.3, -0.25) is 4.79 Å². The number of carbonyl (C=O) groups is 1. The lowest BCUT2D eigenvalue weighted by Crippen LogP contribution is -2.38. The van der Waals surface area contributed by atoms with E-state index in [1.807, 2.05) is 4.90 Å². The summed E-state index contributed by atoms with van der Waals surface area (Å²) in [7, 11) is 1.58. The van der Waals surface area contributed by atoms with Crippen molar-refractivity contribution in [1.82, 2.24) is 4.90 Å². The summed E-state index contributed by atoms with van der Waals surface area (Å²) in [6.45, 7) is 3.79. The van der Waals surface area contributed by atoms with Gasteiger partial charge in [0, 0.05) is 28.6 Å². The van der Waals surface area contributed by atoms with E-state index in [-0.39, 0.29) is 16.5 Å². The van der Waals surface area contributed by atoms with Crippen LogP contribution in [-0.4, -0.2) is 32.3 Å². The highest BCUT2D eigenvalue weighted by atomic mass is 35.7. The van der Waals surface area contributed by atoms with Gasteiger partial charge in [0.2, 0.25) is 5.91 Å². The summed E-state index contributed by atoms with van der Waals surface area (Å²) in [5.74, 6) is 0.742. The normalized spacial score (nSPS) is 17.7. The van der Waals surface area contributed by atoms with Crippen LogP contribution in [0.25, 0.3) is 0 Å². The molecule has 2 rings (SSSR count). The first-order chi connectivity index (χ1) is 8.86. The standard InChI is InChI=1S/C12H16ClNO3S2/c1-9-4-6-14(7-5-9)11(15)8-10-2-3-12(18-10)19(13,16)17/h2-3,9H,4-8H2,1H3. The molecule has 0 saturated carbocycles. The van der Waals surface area contributed by atoms with Gasteiger partial charge in [0.05, 0.1) is 6.42 Å². The summed E-state index contributed by atoms with van der Waals surface area (Å²) in [4.78, 5) is 14.7. The van der Waals surface area contributed by atoms with Gasteiger partial charge in [-0.15, -0.1) is 11.3 Å². The molecule has 1 aliphatic heterocycles. The molecule has 0 radical (unpaired) electrons. The van der Waals surface area contributed by atoms with Crippen molar-refractivity contribution in [1.29, 1.82) is 0 Å². The maximum atomic E-state index is 12.1. The Balaban J connectivity index is 1.97. The average Bonchev–Trinajstić information content (AvgIpc) is 2.78. The van der Waals surface area contributed by atoms with Crippen LogP contribution < -0.4 is 0 Å². The Morgan fingerprint density at radius 1 is 1.42 bits per heavy atom. The molecule has 2 heterocycles. The first kappa shape index (κ1) is 14.8. The van der Waals surface area contributed by atoms with Crippen LogP contribution in [0.15, 0.2) is 16.3 Å². The van der Waals surface area contributed by atoms with E-state index in [0.717, 1.165) is 42.1 Å². The van der Waals surface area contributed by atoms with Crippen molar-refractivity contribution in [3.05, 3.63) is 17.0 Å². The molecule has 0 aliphatic carbocycles. The van der Waals surface area contributed by atoms with E-state index in [2.05, 4.69) is 6.92 Å². The van der Waals surface area contributed by atoms with Crippen LogP contribution >= 0.6 is 22.0 Å². The molecule has 19 heavy (non-hydrogen) atoms. The highest BCUT2D eigenvalue weighted by Crippen LogP contribution is 2.26. The molecule has 4 nitrogen and oxygen atoms in total. The molecule has 1 amide bonds. The van der Waals surface area contributed by atoms with Gasteiger partial charge in [-0.2, -0.15) is 0 Å². The number of halogens is 1. The van der Waals surface area contributed by atoms with Gasteiger partial charge in [-0.05, 0) is 30.9 Å². The number of thiophene rings is 1. The van der Waals surface area contributed by atoms with Crippen LogP contribution in [0.4, 0.5) is 0 Å². The molecule has 0 spiro atoms. The molecule has 0 aromatic carbocycles. The molecular formula is C12H16ClNO3S2. The summed E-state index contributed by atoms with van der Waals surface area (Å²) in [6, 6.07) is 3.11. The van der Waals surface area contributed by atoms with Crippen molar-refractivity contribution in [2.75, 3.05) is 13.1 Å². The predicted molar refractivity (Wildman–Crippen MR) is 76.0 cm³/mol. The topological polar surface area (TPSA) is 54.5 Å². The molecule has 1 fully saturated rings. The summed E-state index contributed by atoms with van der Waals surface area (Å²) in [6.07, 6.45) is 2.33. The molecule has 7 heteroatoms. The number of piperidine rings is 1. The lowest BCUT2D eigenvalue weighted by molar-refractivity contribution is -0.131. The van der Waals surface area contributed by atoms with Gasteiger partial charge in [-0.1, -0.05) is 6.92 Å². The van der Waals surface area contributed by atoms with Crippen LogP contribution in [0.3, 0.4) is 0 Å². The van der Waals surface area contributed by atoms with Crippen molar-refractivity contribution >= 4 is 37.0 Å². The smallest absolute Gasteiger partial charge is 0.270 e. The second-order valence-electron chi connectivity index (χ2n) is 4.90. The van der Waals surface area contributed by atoms with E-state index in [4.69, 9.17) is 10.7 Å². The summed E-state index contributed by atoms with van der Waals surface area (Å²) < 4.78 is 22.4. The van der Waals surface area contributed by atoms with Gasteiger partial charge < -0.3 is 4.90 Å². The molecule has 1 aromatic heterocycles. The van der Waals surface area contributed by atoms with E-state index in [1.54, 1.807) is 6.07 Å². The minimum Gasteiger partial charge on any atom is -0.342 e. The number of hydrogen-bond donors (Lipinski definition) is 0. The summed E-state index contributed by atoms with van der Waals surface area (Å²) in [5.41, 5.74) is 0. The van der Waals surface area contributed by atoms with Gasteiger partial charge in [0.15, 0.2) is 0 Å². The van der Waals surface area contributed by atoms with Crippen LogP contribution in [0.1, 0.15) is 24.6 Å². The van der Waals surface area contributed by atoms with E-state index >= 15 is 0 Å². The fourth-order valence-corrected chi connectivity index (χ4v) is 4.22. The van der Waals surface area contributed by atoms with Gasteiger partial charge in [-0.25, -0.2) is 8.42 Å². The number of likely N-dealkylation sites (tertiary alicyclic amines) is 1. The maximum Gasteiger partial charge on any atom is 0.270 e. The summed E-state index contributed by atoms with van der Waals surface area (Å²) >= 11 is 1.07. The SMILES string of the molecule is CC1CCN(C(=O)Cc2ccc(S(=O)(=O)Cl)s2)CC1. The predicted octanol–water partition coefficient (Wildman–Crippen LogP) is 2.48. The maximum absolute atomic E-state index is 12.1. The minimum atomic E-state index is -3.68. The van der Waals surface area contributed by atoms with Crippen LogP contribution in [0.5, 0.6) is 0 Å². The van der Waals surface area contributed by atoms with Crippen LogP contribution in [0.2, 0.25) is 0 Å². The van der Waals surface area contributed by atoms with E-state index in [0.29, 0.717) is 5.92 Å². The monoisotopic (exact) mass is 321 g/mol. The van der Waals surface area contributed by atoms with Crippen molar-refractivity contribution in [3.63, 3.8) is 0 Å². The van der Waals surface area contributed by atoms with Gasteiger partial charge >= 0.3 is 0 Å². The zero-order valence-electron chi connectivity index (χ0n) is 10.6. The van der Waals surface area contributed by atoms with Crippen LogP contribution in [0, 0.1) is 5.92 Å². The fourth-order valence-electron chi connectivity index (χ4n) is 2.10. The number of nitrogens with zero attached hydrogens (tertiary/aromatic N) is 1. The molecule has 0 bridgehead atoms. The Bertz CT molecular complexity index is 559. The molecule has 1 aliphatic rings. The summed E-state index contributed by atoms with van der Waals surface area (Å²) in [5, 5.41) is 0. The Morgan fingerprint density at radius 2 is 2.05 bits per heavy atom. The highest BCUT2D eigenvalue weighted by molar-refractivity contribution is 8.15. The zero-order valence-corrected chi connectivity index (χ0v) is 13.0. The highest BCUT2D eigenvalue weighted by Gasteiger charge is 2.21. The Kier molecular flexibility index (Phi) is 4.53. The second kappa shape index (κ2) is 5.81. The first-order valence-electron chi connectivity index (χ1n) is 6.17. The van der Waals surface area contributed by atoms with E-state index < -0.39 is 9.05 Å². The molecule has 1 aromatic rings. The lowest BCUT2D eigenvalue weighted by Gasteiger charge is -2.30. The molecule has 0 unspecified atom stereocenters. The third-order valence-electron chi connectivity index (χ3n) is 3.34. The van der Waals surface area contributed by atoms with Crippen LogP contribution in [-0.2, 0) is 20.3 Å². The third kappa shape index (κ3) is 3.94. The van der Waals surface area contributed by atoms with Gasteiger partial charge in [0.25, 0.3) is 9.05 Å². The number of hydrogen-bond acceptors (Lipinski definition) is 4. The second-order valence-corrected chi connectivity index (χ2v) is 8.86. The average molecular weight is 322 g/mol. The molecule has 0 atom stereocenters. The minimum absolute atomic E-state index is 0.0623. The van der Waals surface area contributed by atoms with Gasteiger partial charge in [0.1, 0.15) is 4.21 Å². The number of amides is 1. The van der Waals surface area contributed by atoms with Crippen molar-refractivity contribution in [2.45, 2.75) is 30.4 Å². The Morgan fingerprint density at radius 3 is 2.58 bits per heavy atom. The molecular weight excluding hydrogens is 306 g/mol. The third-order valence-corrected chi connectivity index (χ3v) is 6.52. The van der Waals surface area contributed by atoms with Crippen molar-refractivity contribution < 1.29 is 13.2 Å². The van der Waals surface area contributed by atoms with E-state index in [1.165, 1.54) is 6.07 Å². The number of rotatable bonds is 3. The Hall–Kier alpha value is -0.590. The quantitative estimate of drug-likeness (QED) is 0.804. The zero-order chi connectivity index (χ0) is 14.0. The van der Waals surface area contributed by atoms with E-state index in [9.17, 15) is 13.2 Å². The Labute approximate surface area is 121 Å². The fraction of sp³-hybridized carbons (Fsp3) is 0.583. The molecule has 106 valence electrons. The molecule has 0 N–H and O–H groups in total. The lowest BCUT2D eigenvalue weighted by atomic mass is 9.99. The first-order valence-corrected chi connectivity index (χ1v) is 9.30. The number of carbonyl (C=O) groups excluding carboxylic acids is 1. The van der Waals surface area contributed by atoms with Crippen molar-refractivity contribution in [2.24, 2.45) is 5.92 Å².